The van der Waals surface area contributed by atoms with Gasteiger partial charge in [-0.2, -0.15) is 0 Å². The largest absolute Gasteiger partial charge is 0.349 e. The molecule has 0 atom stereocenters. The first-order valence-electron chi connectivity index (χ1n) is 6.52. The predicted molar refractivity (Wildman–Crippen MR) is 74.2 cm³/mol. The number of carbonyl (C=O) groups is 1. The number of nitrogens with zero attached hydrogens (tertiary/aromatic N) is 1. The molecule has 1 aromatic heterocycles. The first-order valence-corrected chi connectivity index (χ1v) is 6.52. The summed E-state index contributed by atoms with van der Waals surface area (Å²) in [5.74, 6) is -0.173. The zero-order chi connectivity index (χ0) is 13.7. The van der Waals surface area contributed by atoms with Crippen molar-refractivity contribution in [2.75, 3.05) is 19.6 Å². The summed E-state index contributed by atoms with van der Waals surface area (Å²) in [6.45, 7) is 6.55. The molecule has 1 amide bonds. The summed E-state index contributed by atoms with van der Waals surface area (Å²) in [4.78, 5) is 27.9. The summed E-state index contributed by atoms with van der Waals surface area (Å²) in [6.07, 6.45) is 5.25. The maximum absolute atomic E-state index is 12.0. The Bertz CT molecular complexity index is 501. The molecule has 1 fully saturated rings. The van der Waals surface area contributed by atoms with Crippen molar-refractivity contribution < 1.29 is 4.79 Å². The van der Waals surface area contributed by atoms with Gasteiger partial charge < -0.3 is 10.3 Å². The predicted octanol–water partition coefficient (Wildman–Crippen LogP) is 0.755. The number of piperidine rings is 1. The molecule has 19 heavy (non-hydrogen) atoms. The lowest BCUT2D eigenvalue weighted by atomic mass is 10.0. The van der Waals surface area contributed by atoms with Crippen molar-refractivity contribution in [2.24, 2.45) is 0 Å². The first-order chi connectivity index (χ1) is 9.19. The molecule has 0 saturated carbocycles. The number of aromatic nitrogens is 1. The van der Waals surface area contributed by atoms with Gasteiger partial charge in [-0.25, -0.2) is 0 Å². The number of nitrogens with one attached hydrogen (secondary N) is 2. The van der Waals surface area contributed by atoms with E-state index in [-0.39, 0.29) is 17.5 Å². The van der Waals surface area contributed by atoms with Crippen LogP contribution in [0.3, 0.4) is 0 Å². The molecular weight excluding hydrogens is 242 g/mol. The molecule has 1 aliphatic rings. The van der Waals surface area contributed by atoms with Crippen LogP contribution < -0.4 is 10.9 Å². The lowest BCUT2D eigenvalue weighted by Crippen LogP contribution is -2.44. The first kappa shape index (κ1) is 13.5. The zero-order valence-electron chi connectivity index (χ0n) is 10.9. The van der Waals surface area contributed by atoms with E-state index < -0.39 is 0 Å². The number of pyridine rings is 1. The van der Waals surface area contributed by atoms with E-state index in [4.69, 9.17) is 0 Å². The Kier molecular flexibility index (Phi) is 4.52. The van der Waals surface area contributed by atoms with Gasteiger partial charge in [0.2, 0.25) is 5.56 Å². The van der Waals surface area contributed by atoms with Gasteiger partial charge in [0.1, 0.15) is 0 Å². The molecular formula is C14H19N3O2. The third kappa shape index (κ3) is 3.79. The van der Waals surface area contributed by atoms with Crippen LogP contribution >= 0.6 is 0 Å². The molecule has 1 aliphatic heterocycles. The summed E-state index contributed by atoms with van der Waals surface area (Å²) in [5.41, 5.74) is 0.158. The fraction of sp³-hybridized carbons (Fsp3) is 0.429. The average Bonchev–Trinajstić information content (AvgIpc) is 2.41. The maximum Gasteiger partial charge on any atom is 0.251 e. The Hall–Kier alpha value is -1.88. The van der Waals surface area contributed by atoms with E-state index in [1.54, 1.807) is 6.07 Å². The molecule has 2 N–H and O–H groups in total. The van der Waals surface area contributed by atoms with Crippen LogP contribution in [-0.4, -0.2) is 41.5 Å². The number of likely N-dealkylation sites (tertiary alicyclic amines) is 1. The molecule has 1 saturated heterocycles. The minimum Gasteiger partial charge on any atom is -0.349 e. The van der Waals surface area contributed by atoms with Gasteiger partial charge in [-0.05, 0) is 18.9 Å². The van der Waals surface area contributed by atoms with Gasteiger partial charge in [-0.15, -0.1) is 6.58 Å². The zero-order valence-corrected chi connectivity index (χ0v) is 10.9. The van der Waals surface area contributed by atoms with Gasteiger partial charge in [0.25, 0.3) is 5.91 Å². The summed E-state index contributed by atoms with van der Waals surface area (Å²) in [6, 6.07) is 3.12. The SMILES string of the molecule is C=CCN1CCC(NC(=O)c2cc[nH]c(=O)c2)CC1. The number of hydrogen-bond acceptors (Lipinski definition) is 3. The Morgan fingerprint density at radius 2 is 2.26 bits per heavy atom. The molecule has 0 radical (unpaired) electrons. The van der Waals surface area contributed by atoms with E-state index in [1.807, 2.05) is 6.08 Å². The highest BCUT2D eigenvalue weighted by atomic mass is 16.2. The molecule has 0 aromatic carbocycles. The van der Waals surface area contributed by atoms with Crippen molar-refractivity contribution in [1.29, 1.82) is 0 Å². The van der Waals surface area contributed by atoms with Crippen LogP contribution in [0, 0.1) is 0 Å². The smallest absolute Gasteiger partial charge is 0.251 e. The molecule has 0 aliphatic carbocycles. The minimum absolute atomic E-state index is 0.173. The third-order valence-corrected chi connectivity index (χ3v) is 3.35. The molecule has 1 aromatic rings. The Balaban J connectivity index is 1.87. The van der Waals surface area contributed by atoms with Crippen LogP contribution in [0.25, 0.3) is 0 Å². The normalized spacial score (nSPS) is 17.1. The van der Waals surface area contributed by atoms with E-state index in [9.17, 15) is 9.59 Å². The molecule has 5 nitrogen and oxygen atoms in total. The van der Waals surface area contributed by atoms with Gasteiger partial charge in [0, 0.05) is 43.5 Å². The highest BCUT2D eigenvalue weighted by Crippen LogP contribution is 2.10. The molecule has 102 valence electrons. The minimum atomic E-state index is -0.256. The van der Waals surface area contributed by atoms with Crippen LogP contribution in [0.4, 0.5) is 0 Å². The van der Waals surface area contributed by atoms with Crippen molar-refractivity contribution in [2.45, 2.75) is 18.9 Å². The van der Waals surface area contributed by atoms with E-state index >= 15 is 0 Å². The van der Waals surface area contributed by atoms with Crippen LogP contribution in [0.2, 0.25) is 0 Å². The highest BCUT2D eigenvalue weighted by Gasteiger charge is 2.20. The average molecular weight is 261 g/mol. The topological polar surface area (TPSA) is 65.2 Å². The van der Waals surface area contributed by atoms with E-state index in [2.05, 4.69) is 21.8 Å². The lowest BCUT2D eigenvalue weighted by molar-refractivity contribution is 0.0914. The van der Waals surface area contributed by atoms with Gasteiger partial charge in [0.15, 0.2) is 0 Å². The van der Waals surface area contributed by atoms with Crippen molar-refractivity contribution in [3.05, 3.63) is 46.9 Å². The summed E-state index contributed by atoms with van der Waals surface area (Å²) >= 11 is 0. The Morgan fingerprint density at radius 3 is 2.89 bits per heavy atom. The van der Waals surface area contributed by atoms with Crippen LogP contribution in [0.1, 0.15) is 23.2 Å². The van der Waals surface area contributed by atoms with Crippen molar-refractivity contribution in [3.8, 4) is 0 Å². The summed E-state index contributed by atoms with van der Waals surface area (Å²) in [5, 5.41) is 2.98. The molecule has 2 rings (SSSR count). The lowest BCUT2D eigenvalue weighted by Gasteiger charge is -2.31. The Morgan fingerprint density at radius 1 is 1.53 bits per heavy atom. The molecule has 2 heterocycles. The highest BCUT2D eigenvalue weighted by molar-refractivity contribution is 5.94. The molecule has 5 heteroatoms. The number of carbonyl (C=O) groups excluding carboxylic acids is 1. The second-order valence-electron chi connectivity index (χ2n) is 4.78. The standard InChI is InChI=1S/C14H19N3O2/c1-2-7-17-8-4-12(5-9-17)16-14(19)11-3-6-15-13(18)10-11/h2-3,6,10,12H,1,4-5,7-9H2,(H,15,18)(H,16,19). The molecule has 0 unspecified atom stereocenters. The second-order valence-corrected chi connectivity index (χ2v) is 4.78. The van der Waals surface area contributed by atoms with Gasteiger partial charge in [-0.3, -0.25) is 14.5 Å². The van der Waals surface area contributed by atoms with Gasteiger partial charge >= 0.3 is 0 Å². The Labute approximate surface area is 112 Å². The number of aromatic amines is 1. The number of H-pyrrole nitrogens is 1. The quantitative estimate of drug-likeness (QED) is 0.786. The second kappa shape index (κ2) is 6.33. The van der Waals surface area contributed by atoms with Crippen molar-refractivity contribution >= 4 is 5.91 Å². The maximum atomic E-state index is 12.0. The summed E-state index contributed by atoms with van der Waals surface area (Å²) < 4.78 is 0. The van der Waals surface area contributed by atoms with Gasteiger partial charge in [-0.1, -0.05) is 6.08 Å². The number of rotatable bonds is 4. The van der Waals surface area contributed by atoms with Crippen molar-refractivity contribution in [1.82, 2.24) is 15.2 Å². The molecule has 0 spiro atoms. The molecule has 0 bridgehead atoms. The third-order valence-electron chi connectivity index (χ3n) is 3.35. The monoisotopic (exact) mass is 261 g/mol. The summed E-state index contributed by atoms with van der Waals surface area (Å²) in [7, 11) is 0. The fourth-order valence-corrected chi connectivity index (χ4v) is 2.30. The van der Waals surface area contributed by atoms with E-state index in [0.29, 0.717) is 5.56 Å². The fourth-order valence-electron chi connectivity index (χ4n) is 2.30. The van der Waals surface area contributed by atoms with Gasteiger partial charge in [0.05, 0.1) is 0 Å². The van der Waals surface area contributed by atoms with Crippen LogP contribution in [-0.2, 0) is 0 Å². The number of hydrogen-bond donors (Lipinski definition) is 2. The van der Waals surface area contributed by atoms with E-state index in [0.717, 1.165) is 32.5 Å². The van der Waals surface area contributed by atoms with Crippen molar-refractivity contribution in [3.63, 3.8) is 0 Å². The van der Waals surface area contributed by atoms with E-state index in [1.165, 1.54) is 12.3 Å². The van der Waals surface area contributed by atoms with Crippen LogP contribution in [0.5, 0.6) is 0 Å². The number of amides is 1. The van der Waals surface area contributed by atoms with Crippen LogP contribution in [0.15, 0.2) is 35.8 Å².